The molecule has 110 valence electrons. The topological polar surface area (TPSA) is 83.7 Å². The molecule has 0 aliphatic carbocycles. The standard InChI is InChI=1S/C13H17FN2O4/c1-4-15(13(2,3)12(17)18)8-9-6-5-7-10(11(9)14)16(19)20/h5-7H,4,8H2,1-3H3,(H,17,18). The van der Waals surface area contributed by atoms with Gasteiger partial charge in [0.1, 0.15) is 5.54 Å². The Balaban J connectivity index is 3.12. The monoisotopic (exact) mass is 284 g/mol. The van der Waals surface area contributed by atoms with Gasteiger partial charge >= 0.3 is 11.7 Å². The molecule has 0 saturated heterocycles. The van der Waals surface area contributed by atoms with Crippen LogP contribution in [0.2, 0.25) is 0 Å². The Morgan fingerprint density at radius 1 is 1.50 bits per heavy atom. The van der Waals surface area contributed by atoms with Gasteiger partial charge in [0.05, 0.1) is 4.92 Å². The Hall–Kier alpha value is -2.02. The van der Waals surface area contributed by atoms with E-state index in [0.717, 1.165) is 6.07 Å². The third kappa shape index (κ3) is 3.11. The molecule has 7 heteroatoms. The largest absolute Gasteiger partial charge is 0.480 e. The molecule has 6 nitrogen and oxygen atoms in total. The SMILES string of the molecule is CCN(Cc1cccc([N+](=O)[O-])c1F)C(C)(C)C(=O)O. The van der Waals surface area contributed by atoms with Crippen LogP contribution in [0, 0.1) is 15.9 Å². The van der Waals surface area contributed by atoms with E-state index < -0.39 is 27.9 Å². The van der Waals surface area contributed by atoms with Crippen LogP contribution in [0.15, 0.2) is 18.2 Å². The number of nitrogens with zero attached hydrogens (tertiary/aromatic N) is 2. The fraction of sp³-hybridized carbons (Fsp3) is 0.462. The number of nitro groups is 1. The van der Waals surface area contributed by atoms with E-state index in [0.29, 0.717) is 6.54 Å². The van der Waals surface area contributed by atoms with Crippen LogP contribution in [-0.4, -0.2) is 33.0 Å². The first-order valence-corrected chi connectivity index (χ1v) is 6.12. The third-order valence-corrected chi connectivity index (χ3v) is 3.31. The van der Waals surface area contributed by atoms with Gasteiger partial charge in [0.25, 0.3) is 0 Å². The summed E-state index contributed by atoms with van der Waals surface area (Å²) >= 11 is 0. The predicted molar refractivity (Wildman–Crippen MR) is 70.9 cm³/mol. The van der Waals surface area contributed by atoms with Crippen molar-refractivity contribution in [3.05, 3.63) is 39.7 Å². The number of likely N-dealkylation sites (N-methyl/N-ethyl adjacent to an activating group) is 1. The highest BCUT2D eigenvalue weighted by molar-refractivity contribution is 5.77. The van der Waals surface area contributed by atoms with Crippen LogP contribution in [0.5, 0.6) is 0 Å². The lowest BCUT2D eigenvalue weighted by molar-refractivity contribution is -0.387. The Kier molecular flexibility index (Phi) is 4.78. The number of aliphatic carboxylic acids is 1. The zero-order chi connectivity index (χ0) is 15.5. The summed E-state index contributed by atoms with van der Waals surface area (Å²) in [4.78, 5) is 22.7. The zero-order valence-corrected chi connectivity index (χ0v) is 11.6. The van der Waals surface area contributed by atoms with Crippen molar-refractivity contribution in [3.8, 4) is 0 Å². The summed E-state index contributed by atoms with van der Waals surface area (Å²) in [5, 5.41) is 19.9. The van der Waals surface area contributed by atoms with Crippen molar-refractivity contribution >= 4 is 11.7 Å². The van der Waals surface area contributed by atoms with Crippen molar-refractivity contribution in [2.24, 2.45) is 0 Å². The minimum Gasteiger partial charge on any atom is -0.480 e. The first kappa shape index (κ1) is 16.0. The molecule has 0 aromatic heterocycles. The van der Waals surface area contributed by atoms with Crippen LogP contribution in [0.3, 0.4) is 0 Å². The first-order valence-electron chi connectivity index (χ1n) is 6.12. The average molecular weight is 284 g/mol. The fourth-order valence-electron chi connectivity index (χ4n) is 1.87. The minimum absolute atomic E-state index is 0.0106. The highest BCUT2D eigenvalue weighted by atomic mass is 19.1. The molecule has 0 heterocycles. The second kappa shape index (κ2) is 5.96. The van der Waals surface area contributed by atoms with Gasteiger partial charge in [0.2, 0.25) is 5.82 Å². The molecule has 0 fully saturated rings. The fourth-order valence-corrected chi connectivity index (χ4v) is 1.87. The smallest absolute Gasteiger partial charge is 0.323 e. The summed E-state index contributed by atoms with van der Waals surface area (Å²) in [5.74, 6) is -1.96. The molecule has 1 rings (SSSR count). The van der Waals surface area contributed by atoms with Gasteiger partial charge in [-0.1, -0.05) is 19.1 Å². The maximum absolute atomic E-state index is 14.0. The normalized spacial score (nSPS) is 11.7. The number of hydrogen-bond acceptors (Lipinski definition) is 4. The van der Waals surface area contributed by atoms with Gasteiger partial charge in [-0.05, 0) is 20.4 Å². The van der Waals surface area contributed by atoms with Crippen molar-refractivity contribution in [2.45, 2.75) is 32.9 Å². The summed E-state index contributed by atoms with van der Waals surface area (Å²) < 4.78 is 14.0. The molecule has 0 radical (unpaired) electrons. The van der Waals surface area contributed by atoms with Gasteiger partial charge in [0.15, 0.2) is 0 Å². The minimum atomic E-state index is -1.19. The Morgan fingerprint density at radius 3 is 2.55 bits per heavy atom. The van der Waals surface area contributed by atoms with E-state index in [1.165, 1.54) is 30.9 Å². The van der Waals surface area contributed by atoms with Crippen molar-refractivity contribution < 1.29 is 19.2 Å². The van der Waals surface area contributed by atoms with Crippen LogP contribution in [0.4, 0.5) is 10.1 Å². The van der Waals surface area contributed by atoms with Crippen molar-refractivity contribution in [3.63, 3.8) is 0 Å². The molecule has 0 aliphatic rings. The first-order chi connectivity index (χ1) is 9.21. The van der Waals surface area contributed by atoms with E-state index in [1.807, 2.05) is 0 Å². The number of nitro benzene ring substituents is 1. The van der Waals surface area contributed by atoms with Gasteiger partial charge < -0.3 is 5.11 Å². The number of benzene rings is 1. The second-order valence-electron chi connectivity index (χ2n) is 4.89. The molecule has 0 atom stereocenters. The average Bonchev–Trinajstić information content (AvgIpc) is 2.36. The Labute approximate surface area is 116 Å². The maximum atomic E-state index is 14.0. The lowest BCUT2D eigenvalue weighted by atomic mass is 10.0. The van der Waals surface area contributed by atoms with E-state index in [-0.39, 0.29) is 12.1 Å². The lowest BCUT2D eigenvalue weighted by Crippen LogP contribution is -2.49. The van der Waals surface area contributed by atoms with Crippen LogP contribution in [0.25, 0.3) is 0 Å². The number of carbonyl (C=O) groups is 1. The van der Waals surface area contributed by atoms with Crippen LogP contribution >= 0.6 is 0 Å². The van der Waals surface area contributed by atoms with E-state index in [2.05, 4.69) is 0 Å². The number of carboxylic acid groups (broad SMARTS) is 1. The number of halogens is 1. The number of hydrogen-bond donors (Lipinski definition) is 1. The third-order valence-electron chi connectivity index (χ3n) is 3.31. The molecule has 1 aromatic rings. The molecule has 20 heavy (non-hydrogen) atoms. The van der Waals surface area contributed by atoms with Crippen LogP contribution in [0.1, 0.15) is 26.3 Å². The summed E-state index contributed by atoms with van der Waals surface area (Å²) in [7, 11) is 0. The van der Waals surface area contributed by atoms with Gasteiger partial charge in [-0.2, -0.15) is 4.39 Å². The molecule has 0 amide bonds. The van der Waals surface area contributed by atoms with Crippen LogP contribution in [-0.2, 0) is 11.3 Å². The van der Waals surface area contributed by atoms with Gasteiger partial charge in [0, 0.05) is 18.2 Å². The summed E-state index contributed by atoms with van der Waals surface area (Å²) in [6.07, 6.45) is 0. The maximum Gasteiger partial charge on any atom is 0.323 e. The zero-order valence-electron chi connectivity index (χ0n) is 11.6. The molecule has 0 saturated carbocycles. The summed E-state index contributed by atoms with van der Waals surface area (Å²) in [5.41, 5.74) is -1.69. The Morgan fingerprint density at radius 2 is 2.10 bits per heavy atom. The van der Waals surface area contributed by atoms with E-state index in [1.54, 1.807) is 6.92 Å². The van der Waals surface area contributed by atoms with E-state index in [4.69, 9.17) is 0 Å². The lowest BCUT2D eigenvalue weighted by Gasteiger charge is -2.34. The Bertz CT molecular complexity index is 531. The number of rotatable bonds is 6. The molecular weight excluding hydrogens is 267 g/mol. The molecule has 0 bridgehead atoms. The molecule has 0 unspecified atom stereocenters. The highest BCUT2D eigenvalue weighted by Crippen LogP contribution is 2.24. The van der Waals surface area contributed by atoms with E-state index in [9.17, 15) is 24.4 Å². The van der Waals surface area contributed by atoms with Gasteiger partial charge in [-0.25, -0.2) is 0 Å². The van der Waals surface area contributed by atoms with Crippen LogP contribution < -0.4 is 0 Å². The summed E-state index contributed by atoms with van der Waals surface area (Å²) in [6, 6.07) is 3.89. The van der Waals surface area contributed by atoms with Gasteiger partial charge in [-0.15, -0.1) is 0 Å². The highest BCUT2D eigenvalue weighted by Gasteiger charge is 2.34. The van der Waals surface area contributed by atoms with Gasteiger partial charge in [-0.3, -0.25) is 19.8 Å². The predicted octanol–water partition coefficient (Wildman–Crippen LogP) is 2.42. The second-order valence-corrected chi connectivity index (χ2v) is 4.89. The molecule has 0 aliphatic heterocycles. The molecule has 0 spiro atoms. The molecule has 1 N–H and O–H groups in total. The van der Waals surface area contributed by atoms with Crippen molar-refractivity contribution in [2.75, 3.05) is 6.54 Å². The summed E-state index contributed by atoms with van der Waals surface area (Å²) in [6.45, 7) is 5.13. The number of carboxylic acids is 1. The molecule has 1 aromatic carbocycles. The molecular formula is C13H17FN2O4. The van der Waals surface area contributed by atoms with Crippen molar-refractivity contribution in [1.29, 1.82) is 0 Å². The van der Waals surface area contributed by atoms with E-state index >= 15 is 0 Å². The quantitative estimate of drug-likeness (QED) is 0.640. The van der Waals surface area contributed by atoms with Crippen molar-refractivity contribution in [1.82, 2.24) is 4.90 Å².